The van der Waals surface area contributed by atoms with Gasteiger partial charge in [-0.2, -0.15) is 17.6 Å². The van der Waals surface area contributed by atoms with Gasteiger partial charge in [0.25, 0.3) is 11.1 Å². The van der Waals surface area contributed by atoms with Crippen molar-refractivity contribution in [2.24, 2.45) is 0 Å². The second kappa shape index (κ2) is 25.8. The van der Waals surface area contributed by atoms with Crippen LogP contribution in [0.3, 0.4) is 0 Å². The van der Waals surface area contributed by atoms with Gasteiger partial charge in [-0.3, -0.25) is 23.5 Å². The number of rotatable bonds is 22. The molecule has 2 saturated carbocycles. The van der Waals surface area contributed by atoms with E-state index in [4.69, 9.17) is 37.3 Å². The molecule has 97 heavy (non-hydrogen) atoms. The Hall–Kier alpha value is -7.75. The summed E-state index contributed by atoms with van der Waals surface area (Å²) in [7, 11) is -3.99. The smallest absolute Gasteiger partial charge is 0.387 e. The number of carboxylic acid groups (broad SMARTS) is 1. The fourth-order valence-corrected chi connectivity index (χ4v) is 17.3. The van der Waals surface area contributed by atoms with E-state index in [9.17, 15) is 68.6 Å². The normalized spacial score (nSPS) is 22.2. The Morgan fingerprint density at radius 1 is 0.649 bits per heavy atom. The zero-order chi connectivity index (χ0) is 68.9. The fraction of sp³-hybridized carbons (Fsp3) is 0.508. The van der Waals surface area contributed by atoms with E-state index in [1.165, 1.54) is 54.8 Å². The van der Waals surface area contributed by atoms with Gasteiger partial charge in [-0.25, -0.2) is 50.7 Å². The number of carbonyl (C=O) groups is 2. The number of fused-ring (bicyclic) bond motifs is 6. The SMILES string of the molecule is Cc1c(-c2ncco2)sc2c1c(=O)n(C1(C(=O)CS(=O)(=O)C(C)(C)C)CC1)c(=O)n2C[C@H](OC1C[C@H]2CC[C@@H](C1)O2)c1cc(F)ccc1OC(F)F.Cc1c(-c2ncco2)sc2c1c(=O)n(C1(C(=O)O)CC1)c(=O)n2C[C@H](OC1C[C@H]2CC[C@@H](C1)O2)c1cc(F)ccc1OC(F)F. The molecule has 518 valence electrons. The summed E-state index contributed by atoms with van der Waals surface area (Å²) in [6, 6.07) is 6.11. The summed E-state index contributed by atoms with van der Waals surface area (Å²) >= 11 is 2.06. The van der Waals surface area contributed by atoms with Crippen LogP contribution >= 0.6 is 22.7 Å². The van der Waals surface area contributed by atoms with Crippen LogP contribution in [0.5, 0.6) is 11.5 Å². The molecule has 1 N–H and O–H groups in total. The Bertz CT molecular complexity index is 4720. The lowest BCUT2D eigenvalue weighted by Gasteiger charge is -2.32. The second-order valence-corrected chi connectivity index (χ2v) is 31.1. The van der Waals surface area contributed by atoms with E-state index in [-0.39, 0.29) is 111 Å². The van der Waals surface area contributed by atoms with Crippen LogP contribution in [0.25, 0.3) is 42.0 Å². The van der Waals surface area contributed by atoms with Gasteiger partial charge < -0.3 is 42.4 Å². The van der Waals surface area contributed by atoms with Gasteiger partial charge in [-0.15, -0.1) is 22.7 Å². The van der Waals surface area contributed by atoms with E-state index in [1.54, 1.807) is 13.8 Å². The van der Waals surface area contributed by atoms with Crippen LogP contribution in [-0.2, 0) is 62.5 Å². The number of sulfone groups is 1. The quantitative estimate of drug-likeness (QED) is 0.0617. The molecule has 6 aromatic heterocycles. The zero-order valence-corrected chi connectivity index (χ0v) is 55.3. The van der Waals surface area contributed by atoms with Crippen molar-refractivity contribution in [3.8, 4) is 33.0 Å². The van der Waals surface area contributed by atoms with Gasteiger partial charge >= 0.3 is 30.6 Å². The molecule has 2 aromatic carbocycles. The molecule has 0 amide bonds. The van der Waals surface area contributed by atoms with Crippen molar-refractivity contribution < 1.29 is 86.7 Å². The number of nitrogens with zero attached hydrogens (tertiary/aromatic N) is 6. The maximum absolute atomic E-state index is 14.9. The first-order valence-corrected chi connectivity index (χ1v) is 34.8. The van der Waals surface area contributed by atoms with E-state index < -0.39 is 121 Å². The van der Waals surface area contributed by atoms with Gasteiger partial charge in [-0.1, -0.05) is 0 Å². The average Bonchev–Trinajstić information content (AvgIpc) is 1.57. The Morgan fingerprint density at radius 2 is 1.04 bits per heavy atom. The molecular weight excluding hydrogens is 1350 g/mol. The number of aliphatic carboxylic acids is 1. The van der Waals surface area contributed by atoms with Crippen molar-refractivity contribution in [1.82, 2.24) is 28.2 Å². The molecule has 8 atom stereocenters. The zero-order valence-electron chi connectivity index (χ0n) is 52.8. The van der Waals surface area contributed by atoms with Crippen molar-refractivity contribution in [1.29, 1.82) is 0 Å². The van der Waals surface area contributed by atoms with Gasteiger partial charge in [0.15, 0.2) is 15.6 Å². The minimum Gasteiger partial charge on any atom is -0.479 e. The lowest BCUT2D eigenvalue weighted by molar-refractivity contribution is -0.142. The Balaban J connectivity index is 0.000000177. The number of carbonyl (C=O) groups excluding carboxylic acids is 1. The molecule has 4 bridgehead atoms. The van der Waals surface area contributed by atoms with Gasteiger partial charge in [0, 0.05) is 11.1 Å². The third-order valence-electron chi connectivity index (χ3n) is 19.1. The van der Waals surface area contributed by atoms with Crippen molar-refractivity contribution in [2.75, 3.05) is 5.75 Å². The first-order chi connectivity index (χ1) is 46.0. The number of aryl methyl sites for hydroxylation is 2. The minimum absolute atomic E-state index is 0.0446. The Morgan fingerprint density at radius 3 is 1.38 bits per heavy atom. The molecule has 23 nitrogen and oxygen atoms in total. The number of carboxylic acids is 1. The molecule has 4 aliphatic heterocycles. The summed E-state index contributed by atoms with van der Waals surface area (Å²) < 4.78 is 158. The number of Topliss-reactive ketones (excluding diaryl/α,β-unsaturated/α-hetero) is 1. The summed E-state index contributed by atoms with van der Waals surface area (Å²) in [5.41, 5.74) is -6.23. The third kappa shape index (κ3) is 12.8. The molecule has 0 spiro atoms. The van der Waals surface area contributed by atoms with Crippen LogP contribution in [0.1, 0.15) is 132 Å². The second-order valence-electron chi connectivity index (χ2n) is 26.4. The number of aromatic nitrogens is 6. The lowest BCUT2D eigenvalue weighted by atomic mass is 10.0. The Labute approximate surface area is 555 Å². The number of oxazole rings is 2. The molecule has 32 heteroatoms. The molecule has 14 rings (SSSR count). The number of hydrogen-bond donors (Lipinski definition) is 1. The Kier molecular flexibility index (Phi) is 18.1. The number of thiophene rings is 2. The van der Waals surface area contributed by atoms with Crippen molar-refractivity contribution >= 4 is 64.7 Å². The highest BCUT2D eigenvalue weighted by atomic mass is 32.2. The monoisotopic (exact) mass is 1410 g/mol. The first kappa shape index (κ1) is 67.8. The maximum atomic E-state index is 14.9. The van der Waals surface area contributed by atoms with Crippen LogP contribution in [0.4, 0.5) is 26.3 Å². The van der Waals surface area contributed by atoms with Crippen LogP contribution in [0.2, 0.25) is 0 Å². The number of benzene rings is 2. The maximum Gasteiger partial charge on any atom is 0.387 e. The van der Waals surface area contributed by atoms with Gasteiger partial charge in [0.2, 0.25) is 11.8 Å². The first-order valence-electron chi connectivity index (χ1n) is 31.5. The van der Waals surface area contributed by atoms with E-state index in [0.29, 0.717) is 46.6 Å². The van der Waals surface area contributed by atoms with Gasteiger partial charge in [-0.05, 0) is 159 Å². The molecule has 4 saturated heterocycles. The van der Waals surface area contributed by atoms with Crippen molar-refractivity contribution in [3.63, 3.8) is 0 Å². The van der Waals surface area contributed by atoms with Crippen molar-refractivity contribution in [2.45, 2.75) is 203 Å². The standard InChI is InChI=1S/C35H38F3N3O9S2.C30H28F3N3O8S/c1-18-27-30(43)41(35(9-10-35)26(42)17-52(45,46)34(2,3)4)33(44)40(31(27)51-28(18)29-39-11-12-47-29)16-25(49-22-14-20-6-7-21(15-22)48-20)23-13-19(36)5-8-24(23)50-32(37)38;1-14-22-25(37)36(30(6-7-30)27(38)39)29(40)35(26(22)45-23(14)24-34-8-9-41-24)13-21(43-18-11-16-3-4-17(12-18)42-16)19-10-15(31)2-5-20(19)44-28(32)33/h5,8,11-13,20-22,25,32H,6-7,9-10,14-17H2,1-4H3;2,5,8-10,16-18,21,28H,3-4,6-7,11-13H2,1H3,(H,38,39)/t20-,21+,22?,25-;16-,17+,18?,21-/m00/s1. The van der Waals surface area contributed by atoms with E-state index in [0.717, 1.165) is 93.9 Å². The van der Waals surface area contributed by atoms with E-state index in [1.807, 2.05) is 0 Å². The highest BCUT2D eigenvalue weighted by Crippen LogP contribution is 2.48. The predicted octanol–water partition coefficient (Wildman–Crippen LogP) is 10.6. The molecule has 0 radical (unpaired) electrons. The summed E-state index contributed by atoms with van der Waals surface area (Å²) in [6.07, 6.45) is 7.43. The molecule has 2 aliphatic carbocycles. The van der Waals surface area contributed by atoms with Crippen LogP contribution in [0, 0.1) is 25.5 Å². The molecule has 8 aromatic rings. The van der Waals surface area contributed by atoms with E-state index >= 15 is 0 Å². The number of hydrogen-bond acceptors (Lipinski definition) is 20. The number of ketones is 1. The predicted molar refractivity (Wildman–Crippen MR) is 337 cm³/mol. The number of ether oxygens (including phenoxy) is 6. The van der Waals surface area contributed by atoms with Gasteiger partial charge in [0.1, 0.15) is 74.4 Å². The molecule has 2 unspecified atom stereocenters. The molecule has 10 heterocycles. The summed E-state index contributed by atoms with van der Waals surface area (Å²) in [4.78, 5) is 93.2. The fourth-order valence-electron chi connectivity index (χ4n) is 13.8. The van der Waals surface area contributed by atoms with Crippen LogP contribution in [-0.4, -0.2) is 114 Å². The largest absolute Gasteiger partial charge is 0.479 e. The van der Waals surface area contributed by atoms with Crippen LogP contribution < -0.4 is 32.0 Å². The summed E-state index contributed by atoms with van der Waals surface area (Å²) in [5.74, 6) is -4.85. The highest BCUT2D eigenvalue weighted by Gasteiger charge is 2.57. The highest BCUT2D eigenvalue weighted by molar-refractivity contribution is 7.93. The van der Waals surface area contributed by atoms with Crippen LogP contribution in [0.15, 0.2) is 89.3 Å². The summed E-state index contributed by atoms with van der Waals surface area (Å²) in [5, 5.41) is 10.2. The number of halogens is 6. The minimum atomic E-state index is -3.99. The topological polar surface area (TPSA) is 284 Å². The van der Waals surface area contributed by atoms with E-state index in [2.05, 4.69) is 9.97 Å². The lowest BCUT2D eigenvalue weighted by Crippen LogP contribution is -2.51. The van der Waals surface area contributed by atoms with Gasteiger partial charge in [0.05, 0.1) is 87.4 Å². The molecule has 6 fully saturated rings. The summed E-state index contributed by atoms with van der Waals surface area (Å²) in [6.45, 7) is 0.397. The van der Waals surface area contributed by atoms with Crippen molar-refractivity contribution in [3.05, 3.63) is 137 Å². The molecule has 6 aliphatic rings. The number of alkyl halides is 4. The average molecular weight is 1410 g/mol. The molecular formula is C65H66F6N6O17S3. The third-order valence-corrected chi connectivity index (χ3v) is 24.2.